The maximum Gasteiger partial charge on any atom is 0.146 e. The number of hydrogen-bond donors (Lipinski definition) is 0. The molecule has 0 aromatic carbocycles. The Morgan fingerprint density at radius 1 is 1.48 bits per heavy atom. The summed E-state index contributed by atoms with van der Waals surface area (Å²) in [5.74, 6) is -0.221. The van der Waals surface area contributed by atoms with E-state index in [4.69, 9.17) is 9.47 Å². The average Bonchev–Trinajstić information content (AvgIpc) is 2.52. The van der Waals surface area contributed by atoms with Crippen molar-refractivity contribution in [1.29, 1.82) is 0 Å². The van der Waals surface area contributed by atoms with Crippen LogP contribution in [0, 0.1) is 5.82 Å². The van der Waals surface area contributed by atoms with Gasteiger partial charge in [-0.05, 0) is 37.8 Å². The second kappa shape index (κ2) is 6.38. The van der Waals surface area contributed by atoms with E-state index in [9.17, 15) is 4.39 Å². The van der Waals surface area contributed by atoms with Gasteiger partial charge < -0.3 is 9.47 Å². The summed E-state index contributed by atoms with van der Waals surface area (Å²) in [5.41, 5.74) is 0.396. The smallest absolute Gasteiger partial charge is 0.146 e. The van der Waals surface area contributed by atoms with Crippen LogP contribution in [0.5, 0.6) is 0 Å². The topological polar surface area (TPSA) is 34.6 Å². The van der Waals surface area contributed by atoms with Gasteiger partial charge in [0.1, 0.15) is 5.82 Å². The van der Waals surface area contributed by atoms with E-state index in [1.54, 1.807) is 19.4 Å². The van der Waals surface area contributed by atoms with E-state index in [-0.39, 0.29) is 17.5 Å². The summed E-state index contributed by atoms with van der Waals surface area (Å²) in [5, 5.41) is 0. The molecule has 2 fully saturated rings. The van der Waals surface area contributed by atoms with E-state index in [1.807, 2.05) is 0 Å². The Balaban J connectivity index is 1.61. The molecule has 4 nitrogen and oxygen atoms in total. The molecule has 2 saturated heterocycles. The van der Waals surface area contributed by atoms with Gasteiger partial charge in [0, 0.05) is 39.5 Å². The molecular weight excluding hydrogens is 271 g/mol. The van der Waals surface area contributed by atoms with Crippen LogP contribution in [0.4, 0.5) is 4.39 Å². The fraction of sp³-hybridized carbons (Fsp3) is 0.688. The Hall–Kier alpha value is -1.04. The van der Waals surface area contributed by atoms with Crippen LogP contribution >= 0.6 is 0 Å². The summed E-state index contributed by atoms with van der Waals surface area (Å²) < 4.78 is 25.4. The van der Waals surface area contributed by atoms with Crippen molar-refractivity contribution >= 4 is 0 Å². The van der Waals surface area contributed by atoms with Gasteiger partial charge in [0.25, 0.3) is 0 Å². The molecule has 21 heavy (non-hydrogen) atoms. The van der Waals surface area contributed by atoms with Crippen molar-refractivity contribution in [2.24, 2.45) is 0 Å². The lowest BCUT2D eigenvalue weighted by molar-refractivity contribution is -0.186. The highest BCUT2D eigenvalue weighted by Crippen LogP contribution is 2.37. The van der Waals surface area contributed by atoms with Crippen molar-refractivity contribution in [3.8, 4) is 0 Å². The number of ether oxygens (including phenoxy) is 2. The zero-order valence-electron chi connectivity index (χ0n) is 12.6. The maximum atomic E-state index is 13.7. The number of halogens is 1. The Morgan fingerprint density at radius 3 is 3.00 bits per heavy atom. The van der Waals surface area contributed by atoms with Gasteiger partial charge in [-0.3, -0.25) is 9.88 Å². The number of rotatable bonds is 3. The molecule has 1 atom stereocenters. The van der Waals surface area contributed by atoms with Crippen LogP contribution < -0.4 is 0 Å². The summed E-state index contributed by atoms with van der Waals surface area (Å²) in [6, 6.07) is 3.10. The lowest BCUT2D eigenvalue weighted by atomic mass is 9.82. The number of hydrogen-bond acceptors (Lipinski definition) is 4. The second-order valence-corrected chi connectivity index (χ2v) is 5.99. The highest BCUT2D eigenvalue weighted by molar-refractivity contribution is 5.07. The molecule has 0 amide bonds. The summed E-state index contributed by atoms with van der Waals surface area (Å²) in [6.45, 7) is 3.20. The Bertz CT molecular complexity index is 475. The van der Waals surface area contributed by atoms with Crippen LogP contribution in [0.1, 0.15) is 31.4 Å². The van der Waals surface area contributed by atoms with Crippen molar-refractivity contribution in [3.63, 3.8) is 0 Å². The molecule has 0 unspecified atom stereocenters. The minimum absolute atomic E-state index is 0.133. The molecule has 2 aliphatic rings. The number of methoxy groups -OCH3 is 1. The molecule has 5 heteroatoms. The van der Waals surface area contributed by atoms with Crippen molar-refractivity contribution in [3.05, 3.63) is 29.8 Å². The van der Waals surface area contributed by atoms with E-state index in [2.05, 4.69) is 9.88 Å². The first-order valence-corrected chi connectivity index (χ1v) is 7.72. The number of nitrogens with zero attached hydrogens (tertiary/aromatic N) is 2. The van der Waals surface area contributed by atoms with Gasteiger partial charge in [-0.15, -0.1) is 0 Å². The third-order valence-electron chi connectivity index (χ3n) is 4.78. The minimum atomic E-state index is -0.221. The van der Waals surface area contributed by atoms with Gasteiger partial charge in [-0.25, -0.2) is 4.39 Å². The lowest BCUT2D eigenvalue weighted by Crippen LogP contribution is -2.55. The normalized spacial score (nSPS) is 26.1. The Morgan fingerprint density at radius 2 is 2.29 bits per heavy atom. The predicted molar refractivity (Wildman–Crippen MR) is 77.4 cm³/mol. The Labute approximate surface area is 125 Å². The van der Waals surface area contributed by atoms with E-state index in [1.165, 1.54) is 6.07 Å². The van der Waals surface area contributed by atoms with E-state index < -0.39 is 0 Å². The highest BCUT2D eigenvalue weighted by atomic mass is 19.1. The van der Waals surface area contributed by atoms with Crippen molar-refractivity contribution in [2.45, 2.75) is 43.9 Å². The Kier molecular flexibility index (Phi) is 4.52. The number of likely N-dealkylation sites (tertiary alicyclic amines) is 1. The molecule has 1 aromatic rings. The maximum absolute atomic E-state index is 13.7. The second-order valence-electron chi connectivity index (χ2n) is 5.99. The van der Waals surface area contributed by atoms with E-state index in [0.29, 0.717) is 12.2 Å². The minimum Gasteiger partial charge on any atom is -0.378 e. The van der Waals surface area contributed by atoms with Crippen LogP contribution in [0.25, 0.3) is 0 Å². The monoisotopic (exact) mass is 294 g/mol. The standard InChI is InChI=1S/C16H23FN2O2/c1-20-15-5-3-11-21-16(15)6-9-19(10-7-16)12-14-13(17)4-2-8-18-14/h2,4,8,15H,3,5-7,9-12H2,1H3/t15-/m1/s1. The molecule has 0 bridgehead atoms. The summed E-state index contributed by atoms with van der Waals surface area (Å²) in [4.78, 5) is 6.39. The van der Waals surface area contributed by atoms with Crippen LogP contribution in [0.2, 0.25) is 0 Å². The molecule has 116 valence electrons. The van der Waals surface area contributed by atoms with Crippen molar-refractivity contribution in [2.75, 3.05) is 26.8 Å². The van der Waals surface area contributed by atoms with Gasteiger partial charge in [-0.1, -0.05) is 0 Å². The largest absolute Gasteiger partial charge is 0.378 e. The molecule has 3 heterocycles. The molecule has 3 rings (SSSR count). The van der Waals surface area contributed by atoms with Crippen LogP contribution in [0.3, 0.4) is 0 Å². The van der Waals surface area contributed by atoms with Crippen LogP contribution in [-0.2, 0) is 16.0 Å². The number of pyridine rings is 1. The molecule has 2 aliphatic heterocycles. The van der Waals surface area contributed by atoms with Crippen LogP contribution in [0.15, 0.2) is 18.3 Å². The molecule has 0 radical (unpaired) electrons. The third kappa shape index (κ3) is 3.10. The first kappa shape index (κ1) is 14.9. The van der Waals surface area contributed by atoms with Crippen LogP contribution in [-0.4, -0.2) is 48.4 Å². The third-order valence-corrected chi connectivity index (χ3v) is 4.78. The fourth-order valence-electron chi connectivity index (χ4n) is 3.54. The van der Waals surface area contributed by atoms with Gasteiger partial charge in [0.2, 0.25) is 0 Å². The molecule has 0 N–H and O–H groups in total. The summed E-state index contributed by atoms with van der Waals surface area (Å²) in [6.07, 6.45) is 5.88. The first-order chi connectivity index (χ1) is 10.2. The lowest BCUT2D eigenvalue weighted by Gasteiger charge is -2.48. The fourth-order valence-corrected chi connectivity index (χ4v) is 3.54. The number of aromatic nitrogens is 1. The van der Waals surface area contributed by atoms with Gasteiger partial charge in [0.15, 0.2) is 0 Å². The van der Waals surface area contributed by atoms with E-state index >= 15 is 0 Å². The van der Waals surface area contributed by atoms with Crippen molar-refractivity contribution in [1.82, 2.24) is 9.88 Å². The zero-order chi connectivity index (χ0) is 14.7. The molecule has 0 saturated carbocycles. The average molecular weight is 294 g/mol. The highest BCUT2D eigenvalue weighted by Gasteiger charge is 2.44. The summed E-state index contributed by atoms with van der Waals surface area (Å²) >= 11 is 0. The quantitative estimate of drug-likeness (QED) is 0.857. The molecule has 1 aromatic heterocycles. The van der Waals surface area contributed by atoms with Gasteiger partial charge in [-0.2, -0.15) is 0 Å². The van der Waals surface area contributed by atoms with Gasteiger partial charge >= 0.3 is 0 Å². The molecule has 0 aliphatic carbocycles. The summed E-state index contributed by atoms with van der Waals surface area (Å²) in [7, 11) is 1.77. The van der Waals surface area contributed by atoms with E-state index in [0.717, 1.165) is 45.4 Å². The predicted octanol–water partition coefficient (Wildman–Crippen LogP) is 2.38. The first-order valence-electron chi connectivity index (χ1n) is 7.72. The van der Waals surface area contributed by atoms with Crippen molar-refractivity contribution < 1.29 is 13.9 Å². The van der Waals surface area contributed by atoms with Gasteiger partial charge in [0.05, 0.1) is 17.4 Å². The zero-order valence-corrected chi connectivity index (χ0v) is 12.6. The SMILES string of the molecule is CO[C@@H]1CCCOC12CCN(Cc1ncccc1F)CC2. The number of piperidine rings is 1. The molecular formula is C16H23FN2O2. The molecule has 1 spiro atoms.